The molecule has 1 aromatic heterocycles. The van der Waals surface area contributed by atoms with E-state index in [-0.39, 0.29) is 22.0 Å². The zero-order chi connectivity index (χ0) is 24.7. The third-order valence-corrected chi connectivity index (χ3v) is 5.97. The van der Waals surface area contributed by atoms with Gasteiger partial charge in [-0.2, -0.15) is 0 Å². The van der Waals surface area contributed by atoms with Crippen molar-refractivity contribution >= 4 is 39.8 Å². The third-order valence-electron chi connectivity index (χ3n) is 4.76. The van der Waals surface area contributed by atoms with Crippen molar-refractivity contribution in [3.05, 3.63) is 64.5 Å². The highest BCUT2D eigenvalue weighted by Crippen LogP contribution is 2.35. The van der Waals surface area contributed by atoms with Gasteiger partial charge in [-0.25, -0.2) is 4.79 Å². The van der Waals surface area contributed by atoms with Crippen LogP contribution < -0.4 is 24.8 Å². The zero-order valence-corrected chi connectivity index (χ0v) is 19.9. The molecule has 178 valence electrons. The summed E-state index contributed by atoms with van der Waals surface area (Å²) in [6.45, 7) is 1.33. The van der Waals surface area contributed by atoms with Crippen LogP contribution in [-0.2, 0) is 9.53 Å². The van der Waals surface area contributed by atoms with E-state index in [0.29, 0.717) is 28.5 Å². The third kappa shape index (κ3) is 5.65. The Morgan fingerprint density at radius 1 is 0.912 bits per heavy atom. The molecule has 0 fully saturated rings. The van der Waals surface area contributed by atoms with Crippen LogP contribution in [0.5, 0.6) is 17.2 Å². The summed E-state index contributed by atoms with van der Waals surface area (Å²) in [7, 11) is 4.22. The molecule has 2 N–H and O–H groups in total. The number of hydrogen-bond acceptors (Lipinski definition) is 8. The molecule has 34 heavy (non-hydrogen) atoms. The fraction of sp³-hybridized carbons (Fsp3) is 0.208. The number of benzene rings is 2. The molecule has 0 aliphatic heterocycles. The van der Waals surface area contributed by atoms with Gasteiger partial charge in [0, 0.05) is 6.07 Å². The summed E-state index contributed by atoms with van der Waals surface area (Å²) in [5.41, 5.74) is 0.861. The van der Waals surface area contributed by atoms with Crippen molar-refractivity contribution in [2.24, 2.45) is 0 Å². The van der Waals surface area contributed by atoms with E-state index in [1.807, 2.05) is 6.07 Å². The summed E-state index contributed by atoms with van der Waals surface area (Å²) in [6.07, 6.45) is 0. The summed E-state index contributed by atoms with van der Waals surface area (Å²) in [4.78, 5) is 38.2. The number of nitrogens with one attached hydrogen (secondary N) is 2. The molecule has 3 rings (SSSR count). The Bertz CT molecular complexity index is 1190. The van der Waals surface area contributed by atoms with Crippen LogP contribution >= 0.6 is 11.3 Å². The van der Waals surface area contributed by atoms with Crippen LogP contribution in [0.25, 0.3) is 0 Å². The number of rotatable bonds is 9. The maximum absolute atomic E-state index is 13.1. The monoisotopic (exact) mass is 484 g/mol. The highest BCUT2D eigenvalue weighted by Gasteiger charge is 2.27. The molecule has 1 heterocycles. The van der Waals surface area contributed by atoms with Crippen LogP contribution in [0, 0.1) is 6.92 Å². The van der Waals surface area contributed by atoms with Crippen molar-refractivity contribution in [2.45, 2.75) is 6.92 Å². The lowest BCUT2D eigenvalue weighted by Crippen LogP contribution is -2.21. The van der Waals surface area contributed by atoms with E-state index in [1.54, 1.807) is 49.4 Å². The quantitative estimate of drug-likeness (QED) is 0.439. The van der Waals surface area contributed by atoms with Crippen LogP contribution in [0.4, 0.5) is 10.7 Å². The summed E-state index contributed by atoms with van der Waals surface area (Å²) in [5.74, 6) is -0.160. The predicted octanol–water partition coefficient (Wildman–Crippen LogP) is 4.13. The van der Waals surface area contributed by atoms with Crippen molar-refractivity contribution in [1.82, 2.24) is 0 Å². The number of esters is 1. The Morgan fingerprint density at radius 3 is 2.29 bits per heavy atom. The van der Waals surface area contributed by atoms with Crippen molar-refractivity contribution < 1.29 is 33.3 Å². The van der Waals surface area contributed by atoms with Gasteiger partial charge in [0.25, 0.3) is 11.8 Å². The van der Waals surface area contributed by atoms with E-state index in [1.165, 1.54) is 21.3 Å². The molecule has 0 bridgehead atoms. The van der Waals surface area contributed by atoms with Gasteiger partial charge >= 0.3 is 5.97 Å². The topological polar surface area (TPSA) is 112 Å². The molecule has 9 nitrogen and oxygen atoms in total. The Labute approximate surface area is 200 Å². The molecule has 0 radical (unpaired) electrons. The summed E-state index contributed by atoms with van der Waals surface area (Å²) >= 11 is 0.958. The minimum Gasteiger partial charge on any atom is -0.497 e. The minimum atomic E-state index is -0.675. The van der Waals surface area contributed by atoms with Gasteiger partial charge < -0.3 is 29.6 Å². The van der Waals surface area contributed by atoms with Gasteiger partial charge in [-0.15, -0.1) is 11.3 Å². The van der Waals surface area contributed by atoms with E-state index < -0.39 is 17.8 Å². The lowest BCUT2D eigenvalue weighted by Gasteiger charge is -2.11. The van der Waals surface area contributed by atoms with Gasteiger partial charge in [-0.3, -0.25) is 9.59 Å². The molecule has 2 aromatic carbocycles. The molecular weight excluding hydrogens is 460 g/mol. The first-order chi connectivity index (χ1) is 16.4. The number of carbonyl (C=O) groups is 3. The molecule has 2 amide bonds. The molecular formula is C24H24N2O7S. The molecule has 0 atom stereocenters. The molecule has 0 saturated carbocycles. The zero-order valence-electron chi connectivity index (χ0n) is 19.1. The average molecular weight is 485 g/mol. The number of anilines is 2. The number of carbonyl (C=O) groups excluding carboxylic acids is 3. The van der Waals surface area contributed by atoms with E-state index in [9.17, 15) is 14.4 Å². The predicted molar refractivity (Wildman–Crippen MR) is 128 cm³/mol. The smallest absolute Gasteiger partial charge is 0.341 e. The van der Waals surface area contributed by atoms with Gasteiger partial charge in [-0.05, 0) is 36.8 Å². The molecule has 0 saturated heterocycles. The van der Waals surface area contributed by atoms with E-state index in [2.05, 4.69) is 10.6 Å². The fourth-order valence-corrected chi connectivity index (χ4v) is 4.19. The number of hydrogen-bond donors (Lipinski definition) is 2. The van der Waals surface area contributed by atoms with Gasteiger partial charge in [0.2, 0.25) is 0 Å². The van der Waals surface area contributed by atoms with Crippen LogP contribution in [0.2, 0.25) is 0 Å². The van der Waals surface area contributed by atoms with Gasteiger partial charge in [0.05, 0.1) is 37.5 Å². The summed E-state index contributed by atoms with van der Waals surface area (Å²) in [5, 5.41) is 5.60. The van der Waals surface area contributed by atoms with Gasteiger partial charge in [-0.1, -0.05) is 18.2 Å². The number of methoxy groups -OCH3 is 3. The van der Waals surface area contributed by atoms with E-state index >= 15 is 0 Å². The van der Waals surface area contributed by atoms with Crippen LogP contribution in [-0.4, -0.2) is 45.7 Å². The average Bonchev–Trinajstić information content (AvgIpc) is 3.18. The normalized spacial score (nSPS) is 10.2. The second kappa shape index (κ2) is 11.2. The largest absolute Gasteiger partial charge is 0.497 e. The first-order valence-corrected chi connectivity index (χ1v) is 10.9. The van der Waals surface area contributed by atoms with E-state index in [0.717, 1.165) is 11.3 Å². The standard InChI is InChI=1S/C24H24N2O7S/c1-14-20(24(29)32-4)23(26-19(27)13-33-15-8-6-5-7-9-15)34-21(14)22(28)25-17-12-16(30-2)10-11-18(17)31-3/h5-12H,13H2,1-4H3,(H,25,28)(H,26,27). The van der Waals surface area contributed by atoms with Gasteiger partial charge in [0.1, 0.15) is 22.2 Å². The van der Waals surface area contributed by atoms with Gasteiger partial charge in [0.15, 0.2) is 6.61 Å². The van der Waals surface area contributed by atoms with Crippen molar-refractivity contribution in [2.75, 3.05) is 38.6 Å². The van der Waals surface area contributed by atoms with Crippen LogP contribution in [0.1, 0.15) is 25.6 Å². The molecule has 10 heteroatoms. The van der Waals surface area contributed by atoms with Crippen molar-refractivity contribution in [3.8, 4) is 17.2 Å². The van der Waals surface area contributed by atoms with Crippen LogP contribution in [0.15, 0.2) is 48.5 Å². The molecule has 0 aliphatic carbocycles. The second-order valence-corrected chi connectivity index (χ2v) is 7.94. The molecule has 0 unspecified atom stereocenters. The first kappa shape index (κ1) is 24.6. The number of para-hydroxylation sites is 1. The number of thiophene rings is 1. The molecule has 0 spiro atoms. The Kier molecular flexibility index (Phi) is 8.10. The van der Waals surface area contributed by atoms with Crippen molar-refractivity contribution in [1.29, 1.82) is 0 Å². The maximum atomic E-state index is 13.1. The SMILES string of the molecule is COC(=O)c1c(NC(=O)COc2ccccc2)sc(C(=O)Nc2cc(OC)ccc2OC)c1C. The minimum absolute atomic E-state index is 0.100. The number of amides is 2. The summed E-state index contributed by atoms with van der Waals surface area (Å²) in [6, 6.07) is 13.8. The lowest BCUT2D eigenvalue weighted by atomic mass is 10.1. The highest BCUT2D eigenvalue weighted by atomic mass is 32.1. The number of ether oxygens (including phenoxy) is 4. The van der Waals surface area contributed by atoms with Crippen molar-refractivity contribution in [3.63, 3.8) is 0 Å². The fourth-order valence-electron chi connectivity index (χ4n) is 3.09. The van der Waals surface area contributed by atoms with E-state index in [4.69, 9.17) is 18.9 Å². The van der Waals surface area contributed by atoms with Crippen LogP contribution in [0.3, 0.4) is 0 Å². The lowest BCUT2D eigenvalue weighted by molar-refractivity contribution is -0.118. The first-order valence-electron chi connectivity index (χ1n) is 10.1. The Hall–Kier alpha value is -4.05. The second-order valence-electron chi connectivity index (χ2n) is 6.92. The molecule has 0 aliphatic rings. The highest BCUT2D eigenvalue weighted by molar-refractivity contribution is 7.19. The molecule has 3 aromatic rings. The maximum Gasteiger partial charge on any atom is 0.341 e. The Morgan fingerprint density at radius 2 is 1.65 bits per heavy atom. The summed E-state index contributed by atoms with van der Waals surface area (Å²) < 4.78 is 20.8. The Balaban J connectivity index is 1.84.